The lowest BCUT2D eigenvalue weighted by Gasteiger charge is -2.11. The van der Waals surface area contributed by atoms with Crippen LogP contribution in [0.3, 0.4) is 0 Å². The summed E-state index contributed by atoms with van der Waals surface area (Å²) in [6.07, 6.45) is 3.27. The number of Topliss-reactive ketones (excluding diaryl/α,β-unsaturated/α-hetero) is 1. The highest BCUT2D eigenvalue weighted by atomic mass is 16.5. The van der Waals surface area contributed by atoms with Crippen LogP contribution >= 0.6 is 0 Å². The Balaban J connectivity index is 1.79. The molecule has 3 aromatic rings. The Morgan fingerprint density at radius 3 is 2.50 bits per heavy atom. The van der Waals surface area contributed by atoms with Gasteiger partial charge in [-0.3, -0.25) is 19.1 Å². The highest BCUT2D eigenvalue weighted by molar-refractivity contribution is 5.98. The number of hydrogen-bond acceptors (Lipinski definition) is 6. The fourth-order valence-electron chi connectivity index (χ4n) is 2.41. The number of hydrogen-bond donors (Lipinski definition) is 1. The first-order valence-corrected chi connectivity index (χ1v) is 7.98. The molecule has 0 radical (unpaired) electrons. The van der Waals surface area contributed by atoms with Crippen molar-refractivity contribution in [2.75, 3.05) is 19.0 Å². The van der Waals surface area contributed by atoms with Crippen LogP contribution in [0.2, 0.25) is 0 Å². The van der Waals surface area contributed by atoms with Crippen molar-refractivity contribution in [2.24, 2.45) is 7.05 Å². The Bertz CT molecular complexity index is 966. The highest BCUT2D eigenvalue weighted by Gasteiger charge is 2.10. The molecule has 26 heavy (non-hydrogen) atoms. The van der Waals surface area contributed by atoms with E-state index in [4.69, 9.17) is 4.74 Å². The summed E-state index contributed by atoms with van der Waals surface area (Å²) in [5.74, 6) is 0.894. The van der Waals surface area contributed by atoms with Crippen molar-refractivity contribution >= 4 is 11.7 Å². The Morgan fingerprint density at radius 1 is 1.15 bits per heavy atom. The third-order valence-corrected chi connectivity index (χ3v) is 3.93. The molecule has 3 rings (SSSR count). The van der Waals surface area contributed by atoms with Crippen molar-refractivity contribution in [2.45, 2.75) is 0 Å². The van der Waals surface area contributed by atoms with Crippen molar-refractivity contribution in [3.63, 3.8) is 0 Å². The molecule has 1 aromatic carbocycles. The molecule has 0 amide bonds. The maximum atomic E-state index is 12.3. The van der Waals surface area contributed by atoms with Gasteiger partial charge in [0.1, 0.15) is 5.75 Å². The van der Waals surface area contributed by atoms with Gasteiger partial charge in [0.2, 0.25) is 5.95 Å². The zero-order valence-corrected chi connectivity index (χ0v) is 14.5. The first-order valence-electron chi connectivity index (χ1n) is 7.98. The fourth-order valence-corrected chi connectivity index (χ4v) is 2.41. The molecule has 1 N–H and O–H groups in total. The Hall–Kier alpha value is -3.48. The molecule has 2 heterocycles. The third kappa shape index (κ3) is 3.77. The van der Waals surface area contributed by atoms with Gasteiger partial charge < -0.3 is 10.1 Å². The predicted octanol–water partition coefficient (Wildman–Crippen LogP) is 2.15. The summed E-state index contributed by atoms with van der Waals surface area (Å²) in [5, 5.41) is 2.95. The number of nitrogens with zero attached hydrogens (tertiary/aromatic N) is 3. The van der Waals surface area contributed by atoms with Crippen LogP contribution in [0.15, 0.2) is 59.7 Å². The Morgan fingerprint density at radius 2 is 1.85 bits per heavy atom. The van der Waals surface area contributed by atoms with Gasteiger partial charge in [0.25, 0.3) is 5.56 Å². The quantitative estimate of drug-likeness (QED) is 0.686. The summed E-state index contributed by atoms with van der Waals surface area (Å²) in [6, 6.07) is 11.8. The monoisotopic (exact) mass is 350 g/mol. The number of carbonyl (C=O) groups is 1. The van der Waals surface area contributed by atoms with Gasteiger partial charge in [0, 0.05) is 36.6 Å². The molecule has 132 valence electrons. The lowest BCUT2D eigenvalue weighted by Crippen LogP contribution is -2.24. The van der Waals surface area contributed by atoms with Gasteiger partial charge in [0.05, 0.1) is 19.3 Å². The van der Waals surface area contributed by atoms with Crippen molar-refractivity contribution in [3.05, 3.63) is 70.8 Å². The molecule has 0 atom stereocenters. The lowest BCUT2D eigenvalue weighted by molar-refractivity contribution is 0.101. The molecule has 0 fully saturated rings. The van der Waals surface area contributed by atoms with Gasteiger partial charge in [-0.05, 0) is 36.4 Å². The number of ether oxygens (including phenoxy) is 1. The van der Waals surface area contributed by atoms with Crippen molar-refractivity contribution in [1.29, 1.82) is 0 Å². The molecule has 0 bridgehead atoms. The summed E-state index contributed by atoms with van der Waals surface area (Å²) >= 11 is 0. The second-order valence-electron chi connectivity index (χ2n) is 5.60. The standard InChI is InChI=1S/C19H18N4O3/c1-23-18(25)11-16(13-7-9-20-10-8-13)22-19(23)21-12-17(24)14-3-5-15(26-2)6-4-14/h3-11H,12H2,1-2H3,(H,21,22). The smallest absolute Gasteiger partial charge is 0.255 e. The highest BCUT2D eigenvalue weighted by Crippen LogP contribution is 2.16. The molecule has 0 aliphatic heterocycles. The van der Waals surface area contributed by atoms with Crippen molar-refractivity contribution < 1.29 is 9.53 Å². The molecular formula is C19H18N4O3. The van der Waals surface area contributed by atoms with Crippen LogP contribution in [0.25, 0.3) is 11.3 Å². The van der Waals surface area contributed by atoms with Gasteiger partial charge in [-0.25, -0.2) is 4.98 Å². The van der Waals surface area contributed by atoms with Gasteiger partial charge in [0.15, 0.2) is 5.78 Å². The minimum absolute atomic E-state index is 0.0202. The van der Waals surface area contributed by atoms with Crippen molar-refractivity contribution in [3.8, 4) is 17.0 Å². The largest absolute Gasteiger partial charge is 0.497 e. The summed E-state index contributed by atoms with van der Waals surface area (Å²) < 4.78 is 6.45. The molecule has 0 saturated heterocycles. The zero-order chi connectivity index (χ0) is 18.5. The van der Waals surface area contributed by atoms with Crippen LogP contribution in [0.4, 0.5) is 5.95 Å². The van der Waals surface area contributed by atoms with Crippen molar-refractivity contribution in [1.82, 2.24) is 14.5 Å². The normalized spacial score (nSPS) is 10.4. The molecule has 0 spiro atoms. The molecule has 0 saturated carbocycles. The lowest BCUT2D eigenvalue weighted by atomic mass is 10.1. The SMILES string of the molecule is COc1ccc(C(=O)CNc2nc(-c3ccncc3)cc(=O)n2C)cc1. The Labute approximate surface area is 150 Å². The molecule has 0 aliphatic rings. The van der Waals surface area contributed by atoms with E-state index in [-0.39, 0.29) is 17.9 Å². The number of carbonyl (C=O) groups excluding carboxylic acids is 1. The van der Waals surface area contributed by atoms with E-state index in [0.717, 1.165) is 5.56 Å². The molecule has 0 aliphatic carbocycles. The molecule has 7 nitrogen and oxygen atoms in total. The maximum absolute atomic E-state index is 12.3. The van der Waals surface area contributed by atoms with Crippen LogP contribution < -0.4 is 15.6 Å². The minimum atomic E-state index is -0.216. The van der Waals surface area contributed by atoms with Crippen LogP contribution in [0.1, 0.15) is 10.4 Å². The van der Waals surface area contributed by atoms with Gasteiger partial charge in [-0.1, -0.05) is 0 Å². The Kier molecular flexibility index (Phi) is 5.07. The van der Waals surface area contributed by atoms with Gasteiger partial charge in [-0.2, -0.15) is 0 Å². The van der Waals surface area contributed by atoms with E-state index in [1.807, 2.05) is 0 Å². The number of aromatic nitrogens is 3. The van der Waals surface area contributed by atoms with E-state index < -0.39 is 0 Å². The number of rotatable bonds is 6. The van der Waals surface area contributed by atoms with Crippen LogP contribution in [0.5, 0.6) is 5.75 Å². The number of pyridine rings is 1. The van der Waals surface area contributed by atoms with E-state index in [0.29, 0.717) is 23.0 Å². The van der Waals surface area contributed by atoms with Gasteiger partial charge >= 0.3 is 0 Å². The zero-order valence-electron chi connectivity index (χ0n) is 14.5. The summed E-state index contributed by atoms with van der Waals surface area (Å²) in [4.78, 5) is 32.9. The second kappa shape index (κ2) is 7.60. The summed E-state index contributed by atoms with van der Waals surface area (Å²) in [5.41, 5.74) is 1.64. The predicted molar refractivity (Wildman–Crippen MR) is 98.5 cm³/mol. The number of benzene rings is 1. The van der Waals surface area contributed by atoms with E-state index in [9.17, 15) is 9.59 Å². The second-order valence-corrected chi connectivity index (χ2v) is 5.60. The van der Waals surface area contributed by atoms with E-state index in [2.05, 4.69) is 15.3 Å². The third-order valence-electron chi connectivity index (χ3n) is 3.93. The molecule has 0 unspecified atom stereocenters. The number of methoxy groups -OCH3 is 1. The number of ketones is 1. The minimum Gasteiger partial charge on any atom is -0.497 e. The maximum Gasteiger partial charge on any atom is 0.255 e. The average Bonchev–Trinajstić information content (AvgIpc) is 2.69. The fraction of sp³-hybridized carbons (Fsp3) is 0.158. The molecule has 2 aromatic heterocycles. The molecule has 7 heteroatoms. The van der Waals surface area contributed by atoms with Crippen LogP contribution in [0, 0.1) is 0 Å². The molecular weight excluding hydrogens is 332 g/mol. The van der Waals surface area contributed by atoms with E-state index in [1.54, 1.807) is 62.9 Å². The van der Waals surface area contributed by atoms with Crippen LogP contribution in [-0.4, -0.2) is 34.0 Å². The van der Waals surface area contributed by atoms with E-state index in [1.165, 1.54) is 10.6 Å². The summed E-state index contributed by atoms with van der Waals surface area (Å²) in [7, 11) is 3.17. The number of nitrogens with one attached hydrogen (secondary N) is 1. The van der Waals surface area contributed by atoms with Crippen LogP contribution in [-0.2, 0) is 7.05 Å². The van der Waals surface area contributed by atoms with Gasteiger partial charge in [-0.15, -0.1) is 0 Å². The first-order chi connectivity index (χ1) is 12.6. The summed E-state index contributed by atoms with van der Waals surface area (Å²) in [6.45, 7) is 0.0202. The number of anilines is 1. The van der Waals surface area contributed by atoms with E-state index >= 15 is 0 Å². The average molecular weight is 350 g/mol. The topological polar surface area (TPSA) is 86.1 Å². The first kappa shape index (κ1) is 17.3.